The van der Waals surface area contributed by atoms with Crippen LogP contribution >= 0.6 is 0 Å². The third kappa shape index (κ3) is 4.53. The molecule has 0 N–H and O–H groups in total. The Hall–Kier alpha value is -6.06. The van der Waals surface area contributed by atoms with E-state index in [-0.39, 0.29) is 0 Å². The zero-order valence-electron chi connectivity index (χ0n) is 25.0. The summed E-state index contributed by atoms with van der Waals surface area (Å²) < 4.78 is 6.67. The molecule has 0 unspecified atom stereocenters. The highest BCUT2D eigenvalue weighted by Crippen LogP contribution is 2.40. The second-order valence-electron chi connectivity index (χ2n) is 11.7. The summed E-state index contributed by atoms with van der Waals surface area (Å²) in [6, 6.07) is 53.1. The number of hydrogen-bond acceptors (Lipinski definition) is 3. The van der Waals surface area contributed by atoms with Gasteiger partial charge in [0.05, 0.1) is 11.4 Å². The molecule has 46 heavy (non-hydrogen) atoms. The number of furan rings is 1. The number of para-hydroxylation sites is 1. The van der Waals surface area contributed by atoms with Gasteiger partial charge in [0, 0.05) is 33.9 Å². The summed E-state index contributed by atoms with van der Waals surface area (Å²) >= 11 is 0. The summed E-state index contributed by atoms with van der Waals surface area (Å²) in [5.41, 5.74) is 8.85. The van der Waals surface area contributed by atoms with E-state index in [0.29, 0.717) is 12.3 Å². The van der Waals surface area contributed by atoms with Crippen molar-refractivity contribution in [3.05, 3.63) is 174 Å². The van der Waals surface area contributed by atoms with E-state index in [1.165, 1.54) is 21.5 Å². The second kappa shape index (κ2) is 10.8. The van der Waals surface area contributed by atoms with Crippen LogP contribution in [0.15, 0.2) is 172 Å². The minimum atomic E-state index is 0.670. The van der Waals surface area contributed by atoms with Gasteiger partial charge >= 0.3 is 0 Å². The van der Waals surface area contributed by atoms with Crippen molar-refractivity contribution < 1.29 is 4.42 Å². The quantitative estimate of drug-likeness (QED) is 0.201. The molecular formula is C43H28N2O. The van der Waals surface area contributed by atoms with Gasteiger partial charge in [-0.05, 0) is 63.0 Å². The molecule has 2 heterocycles. The molecule has 0 aliphatic carbocycles. The maximum Gasteiger partial charge on any atom is 0.160 e. The van der Waals surface area contributed by atoms with Gasteiger partial charge in [-0.2, -0.15) is 0 Å². The number of nitrogens with zero attached hydrogens (tertiary/aromatic N) is 2. The fourth-order valence-corrected chi connectivity index (χ4v) is 6.61. The molecule has 1 aliphatic heterocycles. The summed E-state index contributed by atoms with van der Waals surface area (Å²) in [7, 11) is 0. The van der Waals surface area contributed by atoms with E-state index in [1.807, 2.05) is 18.2 Å². The fraction of sp³-hybridized carbons (Fsp3) is 0.0233. The minimum absolute atomic E-state index is 0.670. The molecule has 0 spiro atoms. The van der Waals surface area contributed by atoms with E-state index in [1.54, 1.807) is 0 Å². The van der Waals surface area contributed by atoms with Crippen LogP contribution in [0, 0.1) is 0 Å². The van der Waals surface area contributed by atoms with Gasteiger partial charge in [0.25, 0.3) is 0 Å². The Morgan fingerprint density at radius 2 is 1.11 bits per heavy atom. The van der Waals surface area contributed by atoms with Crippen molar-refractivity contribution >= 4 is 60.7 Å². The maximum absolute atomic E-state index is 6.67. The minimum Gasteiger partial charge on any atom is -0.455 e. The molecule has 1 aromatic heterocycles. The van der Waals surface area contributed by atoms with Crippen LogP contribution < -0.4 is 0 Å². The molecule has 216 valence electrons. The third-order valence-corrected chi connectivity index (χ3v) is 8.94. The molecule has 9 rings (SSSR count). The van der Waals surface area contributed by atoms with Crippen molar-refractivity contribution in [2.75, 3.05) is 0 Å². The first-order valence-corrected chi connectivity index (χ1v) is 15.6. The average Bonchev–Trinajstić information content (AvgIpc) is 3.37. The van der Waals surface area contributed by atoms with Crippen molar-refractivity contribution in [2.24, 2.45) is 9.98 Å². The van der Waals surface area contributed by atoms with E-state index < -0.39 is 0 Å². The number of benzene rings is 7. The topological polar surface area (TPSA) is 37.9 Å². The number of hydrogen-bond donors (Lipinski definition) is 0. The smallest absolute Gasteiger partial charge is 0.160 e. The summed E-state index contributed by atoms with van der Waals surface area (Å²) in [6.07, 6.45) is 2.88. The standard InChI is InChI=1S/C43H28N2O/c1-2-12-30(13-3-1)38-24-25-39(34-21-19-29-11-5-7-15-32(29)27-34)45-43(44-38)37-23-22-35(33-20-18-28-10-4-6-14-31(28)26-33)42-41(37)36-16-8-9-17-40(36)46-42/h1-23,25-27H,24H2. The molecule has 0 bridgehead atoms. The summed E-state index contributed by atoms with van der Waals surface area (Å²) in [6.45, 7) is 0. The molecule has 3 nitrogen and oxygen atoms in total. The molecule has 0 atom stereocenters. The molecule has 1 aliphatic rings. The van der Waals surface area contributed by atoms with Crippen LogP contribution in [0.3, 0.4) is 0 Å². The summed E-state index contributed by atoms with van der Waals surface area (Å²) in [5.74, 6) is 0.678. The fourth-order valence-electron chi connectivity index (χ4n) is 6.61. The monoisotopic (exact) mass is 588 g/mol. The Labute approximate surface area is 266 Å². The van der Waals surface area contributed by atoms with Crippen molar-refractivity contribution in [3.8, 4) is 11.1 Å². The number of amidine groups is 1. The first-order chi connectivity index (χ1) is 22.8. The van der Waals surface area contributed by atoms with E-state index in [9.17, 15) is 0 Å². The molecule has 7 aromatic carbocycles. The van der Waals surface area contributed by atoms with E-state index in [2.05, 4.69) is 140 Å². The Bertz CT molecular complexity index is 2550. The zero-order chi connectivity index (χ0) is 30.5. The average molecular weight is 589 g/mol. The van der Waals surface area contributed by atoms with Crippen LogP contribution in [0.25, 0.3) is 60.3 Å². The highest BCUT2D eigenvalue weighted by molar-refractivity contribution is 6.24. The molecule has 0 radical (unpaired) electrons. The normalized spacial score (nSPS) is 13.5. The molecule has 8 aromatic rings. The van der Waals surface area contributed by atoms with Crippen LogP contribution in [-0.2, 0) is 0 Å². The third-order valence-electron chi connectivity index (χ3n) is 8.94. The number of fused-ring (bicyclic) bond motifs is 5. The van der Waals surface area contributed by atoms with E-state index >= 15 is 0 Å². The van der Waals surface area contributed by atoms with Gasteiger partial charge < -0.3 is 4.42 Å². The van der Waals surface area contributed by atoms with Gasteiger partial charge in [0.1, 0.15) is 11.2 Å². The molecule has 0 amide bonds. The van der Waals surface area contributed by atoms with Crippen LogP contribution in [-0.4, -0.2) is 11.5 Å². The van der Waals surface area contributed by atoms with Crippen molar-refractivity contribution in [1.29, 1.82) is 0 Å². The van der Waals surface area contributed by atoms with Gasteiger partial charge in [-0.15, -0.1) is 0 Å². The lowest BCUT2D eigenvalue weighted by Gasteiger charge is -2.10. The SMILES string of the molecule is C1=C(c2ccc3ccccc3c2)N=C(c2ccc(-c3ccc4ccccc4c3)c3oc4ccccc4c23)N=C(c2ccccc2)C1. The Balaban J connectivity index is 1.29. The largest absolute Gasteiger partial charge is 0.455 e. The molecule has 0 saturated heterocycles. The van der Waals surface area contributed by atoms with E-state index in [4.69, 9.17) is 14.4 Å². The second-order valence-corrected chi connectivity index (χ2v) is 11.7. The van der Waals surface area contributed by atoms with Gasteiger partial charge in [0.15, 0.2) is 5.84 Å². The van der Waals surface area contributed by atoms with Crippen LogP contribution in [0.1, 0.15) is 23.1 Å². The van der Waals surface area contributed by atoms with Crippen molar-refractivity contribution in [1.82, 2.24) is 0 Å². The van der Waals surface area contributed by atoms with Gasteiger partial charge in [-0.1, -0.05) is 127 Å². The lowest BCUT2D eigenvalue weighted by atomic mass is 9.96. The predicted molar refractivity (Wildman–Crippen MR) is 193 cm³/mol. The number of allylic oxidation sites excluding steroid dienone is 1. The maximum atomic E-state index is 6.67. The molecule has 3 heteroatoms. The highest BCUT2D eigenvalue weighted by atomic mass is 16.3. The Kier molecular flexibility index (Phi) is 6.20. The number of aliphatic imine (C=N–C) groups is 2. The first-order valence-electron chi connectivity index (χ1n) is 15.6. The molecule has 0 fully saturated rings. The lowest BCUT2D eigenvalue weighted by Crippen LogP contribution is -2.05. The van der Waals surface area contributed by atoms with Crippen LogP contribution in [0.2, 0.25) is 0 Å². The molecular weight excluding hydrogens is 560 g/mol. The zero-order valence-corrected chi connectivity index (χ0v) is 25.0. The Morgan fingerprint density at radius 1 is 0.478 bits per heavy atom. The van der Waals surface area contributed by atoms with E-state index in [0.717, 1.165) is 61.2 Å². The van der Waals surface area contributed by atoms with Gasteiger partial charge in [-0.3, -0.25) is 0 Å². The van der Waals surface area contributed by atoms with Crippen LogP contribution in [0.5, 0.6) is 0 Å². The lowest BCUT2D eigenvalue weighted by molar-refractivity contribution is 0.670. The first kappa shape index (κ1) is 26.4. The summed E-state index contributed by atoms with van der Waals surface area (Å²) in [5, 5.41) is 6.89. The van der Waals surface area contributed by atoms with Crippen LogP contribution in [0.4, 0.5) is 0 Å². The Morgan fingerprint density at radius 3 is 1.89 bits per heavy atom. The van der Waals surface area contributed by atoms with Crippen molar-refractivity contribution in [3.63, 3.8) is 0 Å². The highest BCUT2D eigenvalue weighted by Gasteiger charge is 2.21. The predicted octanol–water partition coefficient (Wildman–Crippen LogP) is 11.2. The molecule has 0 saturated carbocycles. The number of rotatable bonds is 4. The van der Waals surface area contributed by atoms with Crippen molar-refractivity contribution in [2.45, 2.75) is 6.42 Å². The van der Waals surface area contributed by atoms with Gasteiger partial charge in [0.2, 0.25) is 0 Å². The van der Waals surface area contributed by atoms with Gasteiger partial charge in [-0.25, -0.2) is 9.98 Å². The summed E-state index contributed by atoms with van der Waals surface area (Å²) in [4.78, 5) is 10.6.